The van der Waals surface area contributed by atoms with Gasteiger partial charge in [0.2, 0.25) is 0 Å². The normalized spacial score (nSPS) is 12.2. The van der Waals surface area contributed by atoms with Gasteiger partial charge in [-0.15, -0.1) is 0 Å². The fraction of sp³-hybridized carbons (Fsp3) is 0.571. The first-order chi connectivity index (χ1) is 8.13. The van der Waals surface area contributed by atoms with Gasteiger partial charge in [0.1, 0.15) is 0 Å². The Kier molecular flexibility index (Phi) is 5.84. The number of methoxy groups -OCH3 is 1. The first-order valence-corrected chi connectivity index (χ1v) is 6.09. The molecule has 0 fully saturated rings. The SMILES string of the molecule is COc1cc(C)ccc1OCCCCC(C)O. The lowest BCUT2D eigenvalue weighted by Gasteiger charge is -2.11. The third-order valence-electron chi connectivity index (χ3n) is 2.59. The Labute approximate surface area is 103 Å². The summed E-state index contributed by atoms with van der Waals surface area (Å²) in [4.78, 5) is 0. The van der Waals surface area contributed by atoms with Crippen molar-refractivity contribution < 1.29 is 14.6 Å². The molecule has 0 aliphatic carbocycles. The Hall–Kier alpha value is -1.22. The molecule has 1 N–H and O–H groups in total. The zero-order valence-corrected chi connectivity index (χ0v) is 10.9. The second-order valence-corrected chi connectivity index (χ2v) is 4.35. The molecule has 1 aromatic rings. The van der Waals surface area contributed by atoms with Crippen LogP contribution in [0.1, 0.15) is 31.7 Å². The molecule has 1 unspecified atom stereocenters. The van der Waals surface area contributed by atoms with E-state index in [0.717, 1.165) is 36.3 Å². The van der Waals surface area contributed by atoms with Crippen LogP contribution >= 0.6 is 0 Å². The molecule has 1 aromatic carbocycles. The van der Waals surface area contributed by atoms with Crippen LogP contribution in [0.3, 0.4) is 0 Å². The highest BCUT2D eigenvalue weighted by molar-refractivity contribution is 5.42. The number of aliphatic hydroxyl groups excluding tert-OH is 1. The molecule has 0 saturated carbocycles. The predicted octanol–water partition coefficient (Wildman–Crippen LogP) is 2.93. The van der Waals surface area contributed by atoms with Crippen molar-refractivity contribution in [2.45, 2.75) is 39.2 Å². The maximum atomic E-state index is 9.12. The van der Waals surface area contributed by atoms with Crippen molar-refractivity contribution in [3.8, 4) is 11.5 Å². The first kappa shape index (κ1) is 13.8. The van der Waals surface area contributed by atoms with Crippen LogP contribution in [0.4, 0.5) is 0 Å². The number of aliphatic hydroxyl groups is 1. The molecule has 3 heteroatoms. The Morgan fingerprint density at radius 1 is 1.24 bits per heavy atom. The molecule has 0 heterocycles. The van der Waals surface area contributed by atoms with Gasteiger partial charge in [0.05, 0.1) is 19.8 Å². The summed E-state index contributed by atoms with van der Waals surface area (Å²) < 4.78 is 10.9. The number of rotatable bonds is 7. The van der Waals surface area contributed by atoms with E-state index in [4.69, 9.17) is 14.6 Å². The molecule has 0 spiro atoms. The fourth-order valence-electron chi connectivity index (χ4n) is 1.62. The summed E-state index contributed by atoms with van der Waals surface area (Å²) in [5, 5.41) is 9.12. The van der Waals surface area contributed by atoms with Crippen LogP contribution in [-0.4, -0.2) is 24.9 Å². The van der Waals surface area contributed by atoms with E-state index in [1.807, 2.05) is 32.0 Å². The van der Waals surface area contributed by atoms with E-state index in [1.165, 1.54) is 0 Å². The smallest absolute Gasteiger partial charge is 0.161 e. The Bertz CT molecular complexity index is 334. The van der Waals surface area contributed by atoms with E-state index in [9.17, 15) is 0 Å². The number of unbranched alkanes of at least 4 members (excludes halogenated alkanes) is 1. The van der Waals surface area contributed by atoms with E-state index in [1.54, 1.807) is 7.11 Å². The zero-order chi connectivity index (χ0) is 12.7. The van der Waals surface area contributed by atoms with Gasteiger partial charge >= 0.3 is 0 Å². The number of aryl methyl sites for hydroxylation is 1. The Balaban J connectivity index is 2.36. The van der Waals surface area contributed by atoms with Gasteiger partial charge in [-0.05, 0) is 50.8 Å². The van der Waals surface area contributed by atoms with Gasteiger partial charge in [-0.25, -0.2) is 0 Å². The molecule has 3 nitrogen and oxygen atoms in total. The lowest BCUT2D eigenvalue weighted by Crippen LogP contribution is -2.03. The van der Waals surface area contributed by atoms with Crippen molar-refractivity contribution in [2.75, 3.05) is 13.7 Å². The third kappa shape index (κ3) is 5.09. The molecule has 0 bridgehead atoms. The van der Waals surface area contributed by atoms with Crippen LogP contribution in [0.15, 0.2) is 18.2 Å². The lowest BCUT2D eigenvalue weighted by molar-refractivity contribution is 0.176. The number of hydrogen-bond donors (Lipinski definition) is 1. The maximum Gasteiger partial charge on any atom is 0.161 e. The van der Waals surface area contributed by atoms with Crippen LogP contribution in [0.2, 0.25) is 0 Å². The molecular weight excluding hydrogens is 216 g/mol. The zero-order valence-electron chi connectivity index (χ0n) is 10.9. The predicted molar refractivity (Wildman–Crippen MR) is 68.8 cm³/mol. The molecular formula is C14H22O3. The quantitative estimate of drug-likeness (QED) is 0.742. The van der Waals surface area contributed by atoms with Gasteiger partial charge in [-0.1, -0.05) is 6.07 Å². The molecule has 96 valence electrons. The van der Waals surface area contributed by atoms with Gasteiger partial charge in [-0.2, -0.15) is 0 Å². The summed E-state index contributed by atoms with van der Waals surface area (Å²) in [6, 6.07) is 5.90. The number of hydrogen-bond acceptors (Lipinski definition) is 3. The van der Waals surface area contributed by atoms with Gasteiger partial charge < -0.3 is 14.6 Å². The average Bonchev–Trinajstić information content (AvgIpc) is 2.29. The lowest BCUT2D eigenvalue weighted by atomic mass is 10.2. The minimum Gasteiger partial charge on any atom is -0.493 e. The van der Waals surface area contributed by atoms with Gasteiger partial charge in [0.15, 0.2) is 11.5 Å². The molecule has 17 heavy (non-hydrogen) atoms. The summed E-state index contributed by atoms with van der Waals surface area (Å²) in [5.74, 6) is 1.57. The minimum atomic E-state index is -0.219. The molecule has 0 aliphatic heterocycles. The van der Waals surface area contributed by atoms with Crippen molar-refractivity contribution >= 4 is 0 Å². The van der Waals surface area contributed by atoms with Crippen molar-refractivity contribution in [1.29, 1.82) is 0 Å². The molecule has 0 aliphatic rings. The second-order valence-electron chi connectivity index (χ2n) is 4.35. The van der Waals surface area contributed by atoms with E-state index in [0.29, 0.717) is 6.61 Å². The van der Waals surface area contributed by atoms with Gasteiger partial charge in [0.25, 0.3) is 0 Å². The Morgan fingerprint density at radius 3 is 2.65 bits per heavy atom. The molecule has 0 amide bonds. The molecule has 0 aromatic heterocycles. The summed E-state index contributed by atoms with van der Waals surface area (Å²) >= 11 is 0. The summed E-state index contributed by atoms with van der Waals surface area (Å²) in [6.45, 7) is 4.49. The average molecular weight is 238 g/mol. The highest BCUT2D eigenvalue weighted by Gasteiger charge is 2.04. The van der Waals surface area contributed by atoms with Crippen LogP contribution in [0, 0.1) is 6.92 Å². The van der Waals surface area contributed by atoms with E-state index in [-0.39, 0.29) is 6.10 Å². The highest BCUT2D eigenvalue weighted by Crippen LogP contribution is 2.27. The van der Waals surface area contributed by atoms with Gasteiger partial charge in [0, 0.05) is 0 Å². The monoisotopic (exact) mass is 238 g/mol. The molecule has 1 rings (SSSR count). The van der Waals surface area contributed by atoms with Crippen LogP contribution in [0.5, 0.6) is 11.5 Å². The number of benzene rings is 1. The third-order valence-corrected chi connectivity index (χ3v) is 2.59. The van der Waals surface area contributed by atoms with Crippen LogP contribution in [0.25, 0.3) is 0 Å². The van der Waals surface area contributed by atoms with Crippen LogP contribution < -0.4 is 9.47 Å². The van der Waals surface area contributed by atoms with Crippen molar-refractivity contribution in [1.82, 2.24) is 0 Å². The van der Waals surface area contributed by atoms with Crippen molar-refractivity contribution in [3.05, 3.63) is 23.8 Å². The summed E-state index contributed by atoms with van der Waals surface area (Å²) in [5.41, 5.74) is 1.16. The molecule has 0 radical (unpaired) electrons. The summed E-state index contributed by atoms with van der Waals surface area (Å²) in [7, 11) is 1.65. The number of ether oxygens (including phenoxy) is 2. The van der Waals surface area contributed by atoms with E-state index < -0.39 is 0 Å². The second kappa shape index (κ2) is 7.17. The highest BCUT2D eigenvalue weighted by atomic mass is 16.5. The Morgan fingerprint density at radius 2 is 2.00 bits per heavy atom. The van der Waals surface area contributed by atoms with Crippen molar-refractivity contribution in [2.24, 2.45) is 0 Å². The van der Waals surface area contributed by atoms with Crippen LogP contribution in [-0.2, 0) is 0 Å². The maximum absolute atomic E-state index is 9.12. The molecule has 0 saturated heterocycles. The topological polar surface area (TPSA) is 38.7 Å². The largest absolute Gasteiger partial charge is 0.493 e. The van der Waals surface area contributed by atoms with E-state index >= 15 is 0 Å². The summed E-state index contributed by atoms with van der Waals surface area (Å²) in [6.07, 6.45) is 2.53. The first-order valence-electron chi connectivity index (χ1n) is 6.09. The van der Waals surface area contributed by atoms with E-state index in [2.05, 4.69) is 0 Å². The molecule has 1 atom stereocenters. The minimum absolute atomic E-state index is 0.219. The fourth-order valence-corrected chi connectivity index (χ4v) is 1.62. The van der Waals surface area contributed by atoms with Gasteiger partial charge in [-0.3, -0.25) is 0 Å². The van der Waals surface area contributed by atoms with Crippen molar-refractivity contribution in [3.63, 3.8) is 0 Å². The standard InChI is InChI=1S/C14H22O3/c1-11-7-8-13(14(10-11)16-3)17-9-5-4-6-12(2)15/h7-8,10,12,15H,4-6,9H2,1-3H3.